The van der Waals surface area contributed by atoms with E-state index < -0.39 is 46.4 Å². The number of hydrogen-bond acceptors (Lipinski definition) is 10. The maximum Gasteiger partial charge on any atom is 0.375 e. The van der Waals surface area contributed by atoms with Crippen LogP contribution in [0.2, 0.25) is 0 Å². The smallest absolute Gasteiger partial charge is 0.375 e. The van der Waals surface area contributed by atoms with E-state index in [0.717, 1.165) is 6.07 Å². The van der Waals surface area contributed by atoms with Crippen molar-refractivity contribution in [2.24, 2.45) is 0 Å². The van der Waals surface area contributed by atoms with Gasteiger partial charge in [-0.1, -0.05) is 0 Å². The van der Waals surface area contributed by atoms with Crippen LogP contribution in [0.15, 0.2) is 35.1 Å². The van der Waals surface area contributed by atoms with Gasteiger partial charge >= 0.3 is 23.9 Å². The molecule has 1 aromatic rings. The summed E-state index contributed by atoms with van der Waals surface area (Å²) in [6.45, 7) is 5.81. The van der Waals surface area contributed by atoms with Crippen molar-refractivity contribution in [1.82, 2.24) is 0 Å². The normalized spacial score (nSPS) is 12.9. The molecule has 0 fully saturated rings. The van der Waals surface area contributed by atoms with E-state index in [1.807, 2.05) is 0 Å². The van der Waals surface area contributed by atoms with Crippen LogP contribution in [0.1, 0.15) is 33.3 Å². The SMILES string of the molecule is CCOC(=O)C1=C(C(=O)OCC)C(C(=O)OCC)=C(C(=O)OCC)c2cc(O)ccc2O1. The fourth-order valence-corrected chi connectivity index (χ4v) is 2.90. The number of phenolic OH excluding ortho intramolecular Hbond substituents is 1. The van der Waals surface area contributed by atoms with Crippen molar-refractivity contribution in [3.8, 4) is 11.5 Å². The predicted octanol–water partition coefficient (Wildman–Crippen LogP) is 2.04. The van der Waals surface area contributed by atoms with Crippen molar-refractivity contribution < 1.29 is 48.0 Å². The number of hydrogen-bond donors (Lipinski definition) is 1. The van der Waals surface area contributed by atoms with Gasteiger partial charge in [0.25, 0.3) is 0 Å². The van der Waals surface area contributed by atoms with Crippen LogP contribution in [0.25, 0.3) is 5.57 Å². The van der Waals surface area contributed by atoms with Gasteiger partial charge in [-0.25, -0.2) is 19.2 Å². The molecular formula is C22H24O10. The predicted molar refractivity (Wildman–Crippen MR) is 109 cm³/mol. The van der Waals surface area contributed by atoms with Crippen molar-refractivity contribution in [2.75, 3.05) is 26.4 Å². The first-order chi connectivity index (χ1) is 15.3. The molecule has 1 aliphatic rings. The van der Waals surface area contributed by atoms with Crippen molar-refractivity contribution >= 4 is 29.5 Å². The minimum Gasteiger partial charge on any atom is -0.508 e. The van der Waals surface area contributed by atoms with E-state index in [2.05, 4.69) is 0 Å². The first-order valence-corrected chi connectivity index (χ1v) is 9.99. The lowest BCUT2D eigenvalue weighted by Gasteiger charge is -2.15. The molecule has 32 heavy (non-hydrogen) atoms. The number of rotatable bonds is 8. The van der Waals surface area contributed by atoms with E-state index in [4.69, 9.17) is 23.7 Å². The zero-order valence-corrected chi connectivity index (χ0v) is 18.2. The molecule has 0 atom stereocenters. The Bertz CT molecular complexity index is 986. The number of carbonyl (C=O) groups excluding carboxylic acids is 4. The van der Waals surface area contributed by atoms with E-state index >= 15 is 0 Å². The average Bonchev–Trinajstić information content (AvgIpc) is 2.89. The summed E-state index contributed by atoms with van der Waals surface area (Å²) in [5.74, 6) is -5.32. The second kappa shape index (κ2) is 11.0. The first-order valence-electron chi connectivity index (χ1n) is 9.99. The number of benzene rings is 1. The van der Waals surface area contributed by atoms with Crippen LogP contribution in [0.5, 0.6) is 11.5 Å². The van der Waals surface area contributed by atoms with Gasteiger partial charge in [-0.15, -0.1) is 0 Å². The maximum absolute atomic E-state index is 13.0. The van der Waals surface area contributed by atoms with Gasteiger partial charge < -0.3 is 28.8 Å². The van der Waals surface area contributed by atoms with Gasteiger partial charge in [0, 0.05) is 5.56 Å². The van der Waals surface area contributed by atoms with Gasteiger partial charge in [0.15, 0.2) is 0 Å². The highest BCUT2D eigenvalue weighted by molar-refractivity contribution is 6.29. The molecule has 0 aliphatic carbocycles. The van der Waals surface area contributed by atoms with Crippen molar-refractivity contribution in [3.05, 3.63) is 40.7 Å². The summed E-state index contributed by atoms with van der Waals surface area (Å²) in [5, 5.41) is 10.0. The summed E-state index contributed by atoms with van der Waals surface area (Å²) in [7, 11) is 0. The Labute approximate surface area is 184 Å². The van der Waals surface area contributed by atoms with Crippen LogP contribution in [-0.4, -0.2) is 55.4 Å². The van der Waals surface area contributed by atoms with Gasteiger partial charge in [-0.2, -0.15) is 0 Å². The number of ether oxygens (including phenoxy) is 5. The second-order valence-corrected chi connectivity index (χ2v) is 6.12. The third-order valence-electron chi connectivity index (χ3n) is 4.07. The molecule has 172 valence electrons. The number of fused-ring (bicyclic) bond motifs is 1. The molecule has 1 aromatic carbocycles. The molecule has 1 N–H and O–H groups in total. The zero-order chi connectivity index (χ0) is 23.8. The number of carbonyl (C=O) groups is 4. The van der Waals surface area contributed by atoms with E-state index in [1.165, 1.54) is 32.9 Å². The lowest BCUT2D eigenvalue weighted by atomic mass is 9.93. The van der Waals surface area contributed by atoms with E-state index in [-0.39, 0.29) is 43.5 Å². The van der Waals surface area contributed by atoms with Gasteiger partial charge in [0.05, 0.1) is 37.6 Å². The minimum atomic E-state index is -1.11. The molecule has 0 bridgehead atoms. The lowest BCUT2D eigenvalue weighted by Crippen LogP contribution is -2.25. The van der Waals surface area contributed by atoms with Crippen LogP contribution < -0.4 is 4.74 Å². The molecule has 1 aliphatic heterocycles. The Kier molecular flexibility index (Phi) is 8.39. The third kappa shape index (κ3) is 5.08. The molecule has 0 saturated heterocycles. The summed E-state index contributed by atoms with van der Waals surface area (Å²) >= 11 is 0. The van der Waals surface area contributed by atoms with E-state index in [1.54, 1.807) is 6.92 Å². The molecule has 0 aromatic heterocycles. The van der Waals surface area contributed by atoms with Crippen LogP contribution in [0.3, 0.4) is 0 Å². The quantitative estimate of drug-likeness (QED) is 0.465. The van der Waals surface area contributed by atoms with E-state index in [0.29, 0.717) is 0 Å². The van der Waals surface area contributed by atoms with Gasteiger partial charge in [-0.3, -0.25) is 0 Å². The van der Waals surface area contributed by atoms with Gasteiger partial charge in [0.2, 0.25) is 5.76 Å². The van der Waals surface area contributed by atoms with Crippen molar-refractivity contribution in [2.45, 2.75) is 27.7 Å². The zero-order valence-electron chi connectivity index (χ0n) is 18.2. The minimum absolute atomic E-state index is 0.0589. The molecule has 0 amide bonds. The molecule has 0 spiro atoms. The van der Waals surface area contributed by atoms with E-state index in [9.17, 15) is 24.3 Å². The largest absolute Gasteiger partial charge is 0.508 e. The Morgan fingerprint density at radius 3 is 1.72 bits per heavy atom. The topological polar surface area (TPSA) is 135 Å². The van der Waals surface area contributed by atoms with Gasteiger partial charge in [-0.05, 0) is 45.9 Å². The summed E-state index contributed by atoms with van der Waals surface area (Å²) in [5.41, 5.74) is -1.77. The van der Waals surface area contributed by atoms with Crippen LogP contribution in [-0.2, 0) is 38.1 Å². The highest BCUT2D eigenvalue weighted by atomic mass is 16.6. The maximum atomic E-state index is 13.0. The average molecular weight is 448 g/mol. The molecular weight excluding hydrogens is 424 g/mol. The number of aromatic hydroxyl groups is 1. The third-order valence-corrected chi connectivity index (χ3v) is 4.07. The summed E-state index contributed by atoms with van der Waals surface area (Å²) in [6, 6.07) is 3.64. The van der Waals surface area contributed by atoms with Crippen molar-refractivity contribution in [1.29, 1.82) is 0 Å². The summed E-state index contributed by atoms with van der Waals surface area (Å²) < 4.78 is 25.9. The van der Waals surface area contributed by atoms with Crippen LogP contribution in [0.4, 0.5) is 0 Å². The highest BCUT2D eigenvalue weighted by Crippen LogP contribution is 2.40. The number of esters is 4. The fourth-order valence-electron chi connectivity index (χ4n) is 2.90. The number of phenols is 1. The standard InChI is InChI=1S/C22H24O10/c1-5-28-19(24)15-13-11-12(23)9-10-14(13)32-18(22(27)31-8-4)17(21(26)30-7-3)16(15)20(25)29-6-2/h9-11,23H,5-8H2,1-4H3. The Balaban J connectivity index is 3.04. The Morgan fingerprint density at radius 2 is 1.19 bits per heavy atom. The molecule has 0 saturated carbocycles. The summed E-state index contributed by atoms with van der Waals surface area (Å²) in [6.07, 6.45) is 0. The molecule has 10 nitrogen and oxygen atoms in total. The molecule has 10 heteroatoms. The monoisotopic (exact) mass is 448 g/mol. The Hall–Kier alpha value is -3.82. The molecule has 1 heterocycles. The Morgan fingerprint density at radius 1 is 0.719 bits per heavy atom. The highest BCUT2D eigenvalue weighted by Gasteiger charge is 2.41. The second-order valence-electron chi connectivity index (χ2n) is 6.12. The summed E-state index contributed by atoms with van der Waals surface area (Å²) in [4.78, 5) is 51.6. The van der Waals surface area contributed by atoms with Crippen molar-refractivity contribution in [3.63, 3.8) is 0 Å². The molecule has 0 radical (unpaired) electrons. The fraction of sp³-hybridized carbons (Fsp3) is 0.364. The lowest BCUT2D eigenvalue weighted by molar-refractivity contribution is -0.144. The van der Waals surface area contributed by atoms with Crippen LogP contribution >= 0.6 is 0 Å². The van der Waals surface area contributed by atoms with Gasteiger partial charge in [0.1, 0.15) is 17.1 Å². The molecule has 0 unspecified atom stereocenters. The van der Waals surface area contributed by atoms with Crippen LogP contribution in [0, 0.1) is 0 Å². The molecule has 2 rings (SSSR count). The first kappa shape index (κ1) is 24.4.